The van der Waals surface area contributed by atoms with Gasteiger partial charge < -0.3 is 20.9 Å². The van der Waals surface area contributed by atoms with Gasteiger partial charge in [-0.15, -0.1) is 0 Å². The van der Waals surface area contributed by atoms with E-state index in [1.165, 1.54) is 57.8 Å². The van der Waals surface area contributed by atoms with Crippen molar-refractivity contribution in [2.45, 2.75) is 238 Å². The van der Waals surface area contributed by atoms with Gasteiger partial charge in [0.2, 0.25) is 5.91 Å². The fraction of sp³-hybridized carbons (Fsp3) is 0.667. The van der Waals surface area contributed by atoms with Crippen molar-refractivity contribution in [3.05, 3.63) is 97.2 Å². The smallest absolute Gasteiger partial charge is 0.326 e. The van der Waals surface area contributed by atoms with Crippen LogP contribution in [0.2, 0.25) is 0 Å². The number of amides is 1. The summed E-state index contributed by atoms with van der Waals surface area (Å²) in [5.41, 5.74) is 5.50. The highest BCUT2D eigenvalue weighted by atomic mass is 16.5. The van der Waals surface area contributed by atoms with Gasteiger partial charge in [0.1, 0.15) is 12.1 Å². The predicted molar refractivity (Wildman–Crippen MR) is 275 cm³/mol. The van der Waals surface area contributed by atoms with E-state index in [1.807, 2.05) is 0 Å². The van der Waals surface area contributed by atoms with Gasteiger partial charge in [0.05, 0.1) is 0 Å². The van der Waals surface area contributed by atoms with Crippen LogP contribution in [-0.4, -0.2) is 41.6 Å². The SMILES string of the molecule is CC/C=C\C/C=C\C/C=C\C/C=C\CCCCCCCCCCCCC(=O)OC(CCCC/C=C\C/C=C\C/C=C\C/C=C\CC)CCCCCCCC(=O)NC(CCCN)C(=O)O. The number of carboxylic acids is 1. The van der Waals surface area contributed by atoms with Crippen LogP contribution in [-0.2, 0) is 19.1 Å². The number of nitrogens with two attached hydrogens (primary N) is 1. The van der Waals surface area contributed by atoms with Crippen LogP contribution in [0.5, 0.6) is 0 Å². The molecule has 7 heteroatoms. The average Bonchev–Trinajstić information content (AvgIpc) is 3.28. The van der Waals surface area contributed by atoms with E-state index in [1.54, 1.807) is 0 Å². The van der Waals surface area contributed by atoms with Crippen molar-refractivity contribution in [3.63, 3.8) is 0 Å². The van der Waals surface area contributed by atoms with Crippen LogP contribution in [0.25, 0.3) is 0 Å². The van der Waals surface area contributed by atoms with Gasteiger partial charge in [0, 0.05) is 12.8 Å². The van der Waals surface area contributed by atoms with Crippen molar-refractivity contribution in [3.8, 4) is 0 Å². The van der Waals surface area contributed by atoms with Crippen LogP contribution in [0.4, 0.5) is 0 Å². The number of carboxylic acid groups (broad SMARTS) is 1. The Balaban J connectivity index is 4.34. The third-order valence-corrected chi connectivity index (χ3v) is 11.1. The van der Waals surface area contributed by atoms with Crippen molar-refractivity contribution < 1.29 is 24.2 Å². The summed E-state index contributed by atoms with van der Waals surface area (Å²) in [4.78, 5) is 36.6. The van der Waals surface area contributed by atoms with Gasteiger partial charge in [-0.2, -0.15) is 0 Å². The van der Waals surface area contributed by atoms with Crippen LogP contribution in [0.1, 0.15) is 226 Å². The van der Waals surface area contributed by atoms with Crippen molar-refractivity contribution in [2.75, 3.05) is 6.54 Å². The molecule has 0 saturated carbocycles. The summed E-state index contributed by atoms with van der Waals surface area (Å²) in [6.45, 7) is 4.72. The number of carbonyl (C=O) groups excluding carboxylic acids is 2. The molecule has 4 N–H and O–H groups in total. The van der Waals surface area contributed by atoms with E-state index in [2.05, 4.69) is 116 Å². The Labute approximate surface area is 393 Å². The van der Waals surface area contributed by atoms with E-state index in [-0.39, 0.29) is 18.0 Å². The number of nitrogens with one attached hydrogen (secondary N) is 1. The molecule has 0 aliphatic rings. The van der Waals surface area contributed by atoms with Crippen LogP contribution in [0.3, 0.4) is 0 Å². The van der Waals surface area contributed by atoms with Crippen molar-refractivity contribution in [2.24, 2.45) is 5.73 Å². The van der Waals surface area contributed by atoms with E-state index in [4.69, 9.17) is 10.5 Å². The fourth-order valence-corrected chi connectivity index (χ4v) is 7.32. The Morgan fingerprint density at radius 3 is 1.25 bits per heavy atom. The Kier molecular flexibility index (Phi) is 47.4. The zero-order valence-electron chi connectivity index (χ0n) is 41.1. The molecule has 2 unspecified atom stereocenters. The number of hydrogen-bond donors (Lipinski definition) is 3. The second kappa shape index (κ2) is 50.3. The Morgan fingerprint density at radius 1 is 0.453 bits per heavy atom. The lowest BCUT2D eigenvalue weighted by Gasteiger charge is -2.18. The third kappa shape index (κ3) is 46.3. The highest BCUT2D eigenvalue weighted by molar-refractivity contribution is 5.83. The van der Waals surface area contributed by atoms with Crippen LogP contribution < -0.4 is 11.1 Å². The summed E-state index contributed by atoms with van der Waals surface area (Å²) in [7, 11) is 0. The van der Waals surface area contributed by atoms with E-state index in [0.29, 0.717) is 32.2 Å². The van der Waals surface area contributed by atoms with E-state index >= 15 is 0 Å². The molecule has 0 aromatic heterocycles. The molecule has 0 bridgehead atoms. The fourth-order valence-electron chi connectivity index (χ4n) is 7.32. The maximum absolute atomic E-state index is 12.9. The van der Waals surface area contributed by atoms with Crippen LogP contribution in [0, 0.1) is 0 Å². The highest BCUT2D eigenvalue weighted by Crippen LogP contribution is 2.18. The molecule has 0 aromatic carbocycles. The highest BCUT2D eigenvalue weighted by Gasteiger charge is 2.19. The van der Waals surface area contributed by atoms with Crippen LogP contribution in [0.15, 0.2) is 97.2 Å². The minimum Gasteiger partial charge on any atom is -0.480 e. The monoisotopic (exact) mass is 889 g/mol. The standard InChI is InChI=1S/C57H96N2O5/c1-3-5-7-9-11-13-15-17-19-20-21-22-23-24-25-26-28-30-32-34-36-41-45-51-56(61)64-53(47-42-38-35-33-31-29-27-18-16-14-12-10-8-6-4-2)48-43-39-37-40-44-50-55(60)59-54(57(62)63)49-46-52-58/h5-8,11-14,17-19,21-22,27,31,33,53-54H,3-4,9-10,15-16,20,23-26,28-30,32,34-52,58H2,1-2H3,(H,59,60)(H,62,63)/b7-5-,8-6-,13-11-,14-12-,19-17-,22-21-,27-18-,33-31-. The summed E-state index contributed by atoms with van der Waals surface area (Å²) in [5.74, 6) is -1.27. The molecular formula is C57H96N2O5. The molecule has 0 spiro atoms. The molecular weight excluding hydrogens is 793 g/mol. The van der Waals surface area contributed by atoms with E-state index < -0.39 is 12.0 Å². The van der Waals surface area contributed by atoms with Crippen molar-refractivity contribution in [1.29, 1.82) is 0 Å². The van der Waals surface area contributed by atoms with E-state index in [0.717, 1.165) is 128 Å². The number of esters is 1. The first kappa shape index (κ1) is 60.3. The molecule has 64 heavy (non-hydrogen) atoms. The summed E-state index contributed by atoms with van der Waals surface area (Å²) in [6, 6.07) is -0.867. The van der Waals surface area contributed by atoms with Crippen LogP contribution >= 0.6 is 0 Å². The maximum Gasteiger partial charge on any atom is 0.326 e. The lowest BCUT2D eigenvalue weighted by molar-refractivity contribution is -0.150. The quantitative estimate of drug-likeness (QED) is 0.0318. The second-order valence-corrected chi connectivity index (χ2v) is 17.2. The Hall–Kier alpha value is -3.71. The van der Waals surface area contributed by atoms with Gasteiger partial charge in [-0.1, -0.05) is 182 Å². The van der Waals surface area contributed by atoms with E-state index in [9.17, 15) is 19.5 Å². The summed E-state index contributed by atoms with van der Waals surface area (Å²) >= 11 is 0. The molecule has 0 heterocycles. The van der Waals surface area contributed by atoms with Crippen molar-refractivity contribution >= 4 is 17.8 Å². The molecule has 0 saturated heterocycles. The molecule has 0 aliphatic carbocycles. The molecule has 364 valence electrons. The van der Waals surface area contributed by atoms with Gasteiger partial charge in [0.25, 0.3) is 0 Å². The molecule has 7 nitrogen and oxygen atoms in total. The normalized spacial score (nSPS) is 13.4. The number of unbranched alkanes of at least 4 members (excludes halogenated alkanes) is 16. The minimum absolute atomic E-state index is 0.0360. The summed E-state index contributed by atoms with van der Waals surface area (Å²) in [6.07, 6.45) is 68.9. The molecule has 0 aliphatic heterocycles. The number of aliphatic carboxylic acids is 1. The zero-order valence-corrected chi connectivity index (χ0v) is 41.1. The largest absolute Gasteiger partial charge is 0.480 e. The number of rotatable bonds is 46. The van der Waals surface area contributed by atoms with Gasteiger partial charge in [0.15, 0.2) is 0 Å². The summed E-state index contributed by atoms with van der Waals surface area (Å²) in [5, 5.41) is 12.0. The zero-order chi connectivity index (χ0) is 46.7. The van der Waals surface area contributed by atoms with Gasteiger partial charge in [-0.3, -0.25) is 9.59 Å². The number of ether oxygens (including phenoxy) is 1. The molecule has 0 aromatic rings. The first-order chi connectivity index (χ1) is 31.4. The number of hydrogen-bond acceptors (Lipinski definition) is 5. The molecule has 1 amide bonds. The second-order valence-electron chi connectivity index (χ2n) is 17.2. The number of allylic oxidation sites excluding steroid dienone is 16. The molecule has 2 atom stereocenters. The van der Waals surface area contributed by atoms with Gasteiger partial charge >= 0.3 is 11.9 Å². The molecule has 0 fully saturated rings. The predicted octanol–water partition coefficient (Wildman–Crippen LogP) is 15.8. The molecule has 0 rings (SSSR count). The lowest BCUT2D eigenvalue weighted by Crippen LogP contribution is -2.40. The topological polar surface area (TPSA) is 119 Å². The Bertz CT molecular complexity index is 1320. The summed E-state index contributed by atoms with van der Waals surface area (Å²) < 4.78 is 6.07. The van der Waals surface area contributed by atoms with Crippen molar-refractivity contribution in [1.82, 2.24) is 5.32 Å². The first-order valence-electron chi connectivity index (χ1n) is 26.1. The van der Waals surface area contributed by atoms with Gasteiger partial charge in [-0.05, 0) is 135 Å². The first-order valence-corrected chi connectivity index (χ1v) is 26.1. The lowest BCUT2D eigenvalue weighted by atomic mass is 10.0. The number of carbonyl (C=O) groups is 3. The molecule has 0 radical (unpaired) electrons. The Morgan fingerprint density at radius 2 is 0.812 bits per heavy atom. The average molecular weight is 889 g/mol. The third-order valence-electron chi connectivity index (χ3n) is 11.1. The minimum atomic E-state index is -1.01. The van der Waals surface area contributed by atoms with Gasteiger partial charge in [-0.25, -0.2) is 4.79 Å². The maximum atomic E-state index is 12.9.